The van der Waals surface area contributed by atoms with Crippen LogP contribution in [0.2, 0.25) is 0 Å². The van der Waals surface area contributed by atoms with Crippen LogP contribution in [0.5, 0.6) is 0 Å². The molecule has 2 heterocycles. The van der Waals surface area contributed by atoms with Crippen molar-refractivity contribution in [3.05, 3.63) is 35.8 Å². The molecule has 8 nitrogen and oxygen atoms in total. The number of aliphatic hydroxyl groups excluding tert-OH is 1. The summed E-state index contributed by atoms with van der Waals surface area (Å²) in [7, 11) is 0. The molecule has 3 aromatic rings. The second-order valence-electron chi connectivity index (χ2n) is 10.6. The Bertz CT molecular complexity index is 1220. The molecule has 0 aliphatic heterocycles. The van der Waals surface area contributed by atoms with E-state index in [1.807, 2.05) is 46.1 Å². The summed E-state index contributed by atoms with van der Waals surface area (Å²) in [5.41, 5.74) is 0.712. The Morgan fingerprint density at radius 3 is 2.42 bits per heavy atom. The van der Waals surface area contributed by atoms with Crippen molar-refractivity contribution in [1.29, 1.82) is 0 Å². The monoisotopic (exact) mass is 503 g/mol. The van der Waals surface area contributed by atoms with E-state index in [1.54, 1.807) is 6.07 Å². The molecule has 0 spiro atoms. The van der Waals surface area contributed by atoms with E-state index in [-0.39, 0.29) is 35.3 Å². The number of ether oxygens (including phenoxy) is 2. The summed E-state index contributed by atoms with van der Waals surface area (Å²) in [6.45, 7) is 10.1. The number of aryl methyl sites for hydroxylation is 1. The van der Waals surface area contributed by atoms with Crippen molar-refractivity contribution < 1.29 is 23.4 Å². The highest BCUT2D eigenvalue weighted by atomic mass is 19.1. The first-order valence-electron chi connectivity index (χ1n) is 12.4. The third kappa shape index (κ3) is 5.99. The zero-order valence-corrected chi connectivity index (χ0v) is 21.7. The van der Waals surface area contributed by atoms with Gasteiger partial charge in [0.25, 0.3) is 6.48 Å². The molecule has 36 heavy (non-hydrogen) atoms. The van der Waals surface area contributed by atoms with Gasteiger partial charge in [0, 0.05) is 17.6 Å². The van der Waals surface area contributed by atoms with Crippen LogP contribution in [0.4, 0.5) is 14.7 Å². The largest absolute Gasteiger partial charge is 0.351 e. The molecule has 196 valence electrons. The summed E-state index contributed by atoms with van der Waals surface area (Å²) in [4.78, 5) is 12.8. The lowest BCUT2D eigenvalue weighted by molar-refractivity contribution is -0.315. The molecular weight excluding hydrogens is 468 g/mol. The van der Waals surface area contributed by atoms with E-state index in [0.717, 1.165) is 31.9 Å². The summed E-state index contributed by atoms with van der Waals surface area (Å²) in [6.07, 6.45) is 3.95. The average molecular weight is 504 g/mol. The molecule has 1 aliphatic rings. The van der Waals surface area contributed by atoms with E-state index >= 15 is 0 Å². The maximum absolute atomic E-state index is 14.9. The Morgan fingerprint density at radius 1 is 1.08 bits per heavy atom. The van der Waals surface area contributed by atoms with Crippen LogP contribution in [0.3, 0.4) is 0 Å². The Balaban J connectivity index is 1.47. The fourth-order valence-electron chi connectivity index (χ4n) is 4.72. The number of nitrogens with one attached hydrogen (secondary N) is 1. The van der Waals surface area contributed by atoms with Gasteiger partial charge in [-0.3, -0.25) is 0 Å². The van der Waals surface area contributed by atoms with Gasteiger partial charge < -0.3 is 24.5 Å². The standard InChI is InChI=1S/C26H35F2N5O3/c1-14(2)33-15(3)30-23-19(27)11-16(12-21(23)33)22-20(28)13-29-24(32-22)31-17-7-9-18(10-8-17)35-25(34)36-26(4,5)6/h11-14,17-18,25,34H,7-10H2,1-6H3,(H,29,31,32)/t17-,18-,25?. The summed E-state index contributed by atoms with van der Waals surface area (Å²) < 4.78 is 42.6. The van der Waals surface area contributed by atoms with Crippen LogP contribution in [-0.2, 0) is 9.47 Å². The second-order valence-corrected chi connectivity index (χ2v) is 10.6. The fourth-order valence-corrected chi connectivity index (χ4v) is 4.72. The van der Waals surface area contributed by atoms with E-state index in [4.69, 9.17) is 9.47 Å². The topological polar surface area (TPSA) is 94.3 Å². The zero-order chi connectivity index (χ0) is 26.2. The fraction of sp³-hybridized carbons (Fsp3) is 0.577. The van der Waals surface area contributed by atoms with Gasteiger partial charge in [0.1, 0.15) is 17.0 Å². The van der Waals surface area contributed by atoms with E-state index in [0.29, 0.717) is 16.9 Å². The first-order valence-corrected chi connectivity index (χ1v) is 12.4. The van der Waals surface area contributed by atoms with Gasteiger partial charge in [-0.15, -0.1) is 0 Å². The Labute approximate surface area is 210 Å². The molecular formula is C26H35F2N5O3. The van der Waals surface area contributed by atoms with Crippen molar-refractivity contribution >= 4 is 17.0 Å². The molecule has 4 rings (SSSR count). The number of fused-ring (bicyclic) bond motifs is 1. The van der Waals surface area contributed by atoms with Gasteiger partial charge in [0.15, 0.2) is 11.6 Å². The van der Waals surface area contributed by atoms with Gasteiger partial charge in [-0.2, -0.15) is 0 Å². The summed E-state index contributed by atoms with van der Waals surface area (Å²) in [5, 5.41) is 13.3. The molecule has 1 atom stereocenters. The molecule has 0 radical (unpaired) electrons. The molecule has 10 heteroatoms. The maximum atomic E-state index is 14.9. The van der Waals surface area contributed by atoms with Gasteiger partial charge in [0.2, 0.25) is 5.95 Å². The third-order valence-corrected chi connectivity index (χ3v) is 6.23. The normalized spacial score (nSPS) is 19.7. The number of imidazole rings is 1. The maximum Gasteiger partial charge on any atom is 0.269 e. The first kappa shape index (κ1) is 26.4. The minimum atomic E-state index is -1.27. The van der Waals surface area contributed by atoms with Crippen LogP contribution >= 0.6 is 0 Å². The highest BCUT2D eigenvalue weighted by molar-refractivity contribution is 5.83. The molecule has 0 amide bonds. The van der Waals surface area contributed by atoms with Crippen molar-refractivity contribution in [2.75, 3.05) is 5.32 Å². The van der Waals surface area contributed by atoms with Crippen LogP contribution in [0.25, 0.3) is 22.3 Å². The quantitative estimate of drug-likeness (QED) is 0.412. The first-order chi connectivity index (χ1) is 16.9. The third-order valence-electron chi connectivity index (χ3n) is 6.23. The average Bonchev–Trinajstić information content (AvgIpc) is 3.11. The van der Waals surface area contributed by atoms with Gasteiger partial charge in [-0.25, -0.2) is 23.7 Å². The van der Waals surface area contributed by atoms with E-state index in [1.165, 1.54) is 6.07 Å². The van der Waals surface area contributed by atoms with Crippen LogP contribution in [0.1, 0.15) is 72.2 Å². The summed E-state index contributed by atoms with van der Waals surface area (Å²) >= 11 is 0. The molecule has 1 unspecified atom stereocenters. The number of aliphatic hydroxyl groups is 1. The van der Waals surface area contributed by atoms with E-state index < -0.39 is 23.7 Å². The molecule has 1 aliphatic carbocycles. The Hall–Kier alpha value is -2.69. The van der Waals surface area contributed by atoms with Crippen molar-refractivity contribution in [2.24, 2.45) is 0 Å². The number of halogens is 2. The van der Waals surface area contributed by atoms with Crippen LogP contribution < -0.4 is 5.32 Å². The molecule has 1 fully saturated rings. The minimum absolute atomic E-state index is 0.0296. The molecule has 0 bridgehead atoms. The number of nitrogens with zero attached hydrogens (tertiary/aromatic N) is 4. The molecule has 1 aromatic carbocycles. The minimum Gasteiger partial charge on any atom is -0.351 e. The number of hydrogen-bond donors (Lipinski definition) is 2. The van der Waals surface area contributed by atoms with E-state index in [2.05, 4.69) is 20.3 Å². The van der Waals surface area contributed by atoms with Gasteiger partial charge in [-0.1, -0.05) is 0 Å². The van der Waals surface area contributed by atoms with E-state index in [9.17, 15) is 13.9 Å². The number of aromatic nitrogens is 4. The summed E-state index contributed by atoms with van der Waals surface area (Å²) in [5.74, 6) is -0.176. The predicted octanol–water partition coefficient (Wildman–Crippen LogP) is 5.49. The molecule has 0 saturated heterocycles. The Kier molecular flexibility index (Phi) is 7.59. The molecule has 1 saturated carbocycles. The molecule has 2 N–H and O–H groups in total. The lowest BCUT2D eigenvalue weighted by atomic mass is 9.93. The number of anilines is 1. The highest BCUT2D eigenvalue weighted by Gasteiger charge is 2.27. The Morgan fingerprint density at radius 2 is 1.78 bits per heavy atom. The SMILES string of the molecule is Cc1nc2c(F)cc(-c3nc(N[C@H]4CC[C@H](OC(O)OC(C)(C)C)CC4)ncc3F)cc2n1C(C)C. The molecule has 2 aromatic heterocycles. The predicted molar refractivity (Wildman–Crippen MR) is 133 cm³/mol. The lowest BCUT2D eigenvalue weighted by Gasteiger charge is -2.32. The number of rotatable bonds is 7. The summed E-state index contributed by atoms with van der Waals surface area (Å²) in [6, 6.07) is 3.12. The van der Waals surface area contributed by atoms with Crippen LogP contribution in [-0.4, -0.2) is 48.8 Å². The van der Waals surface area contributed by atoms with Gasteiger partial charge in [-0.05, 0) is 79.4 Å². The van der Waals surface area contributed by atoms with Gasteiger partial charge in [0.05, 0.1) is 23.4 Å². The van der Waals surface area contributed by atoms with Gasteiger partial charge >= 0.3 is 0 Å². The van der Waals surface area contributed by atoms with Crippen molar-refractivity contribution in [2.45, 2.75) is 97.5 Å². The van der Waals surface area contributed by atoms with Crippen molar-refractivity contribution in [1.82, 2.24) is 19.5 Å². The number of hydrogen-bond acceptors (Lipinski definition) is 7. The van der Waals surface area contributed by atoms with Crippen molar-refractivity contribution in [3.8, 4) is 11.3 Å². The van der Waals surface area contributed by atoms with Crippen molar-refractivity contribution in [3.63, 3.8) is 0 Å². The second kappa shape index (κ2) is 10.4. The van der Waals surface area contributed by atoms with Crippen LogP contribution in [0, 0.1) is 18.6 Å². The zero-order valence-electron chi connectivity index (χ0n) is 21.7. The lowest BCUT2D eigenvalue weighted by Crippen LogP contribution is -2.36. The number of benzene rings is 1. The highest BCUT2D eigenvalue weighted by Crippen LogP contribution is 2.31. The smallest absolute Gasteiger partial charge is 0.269 e. The van der Waals surface area contributed by atoms with Crippen LogP contribution in [0.15, 0.2) is 18.3 Å².